The number of benzene rings is 1. The van der Waals surface area contributed by atoms with Crippen LogP contribution in [0.3, 0.4) is 0 Å². The summed E-state index contributed by atoms with van der Waals surface area (Å²) in [6.45, 7) is 3.20. The van der Waals surface area contributed by atoms with Gasteiger partial charge in [-0.2, -0.15) is 0 Å². The van der Waals surface area contributed by atoms with E-state index in [1.165, 1.54) is 0 Å². The molecule has 3 heterocycles. The summed E-state index contributed by atoms with van der Waals surface area (Å²) in [7, 11) is 2.03. The van der Waals surface area contributed by atoms with Gasteiger partial charge in [0.1, 0.15) is 17.5 Å². The zero-order valence-electron chi connectivity index (χ0n) is 15.1. The minimum absolute atomic E-state index is 0.0545. The number of likely N-dealkylation sites (tertiary alicyclic amines) is 1. The maximum Gasteiger partial charge on any atom is 0.274 e. The molecule has 134 valence electrons. The van der Waals surface area contributed by atoms with E-state index in [-0.39, 0.29) is 12.0 Å². The van der Waals surface area contributed by atoms with Crippen molar-refractivity contribution in [2.75, 3.05) is 13.1 Å². The van der Waals surface area contributed by atoms with E-state index in [1.54, 1.807) is 12.4 Å². The van der Waals surface area contributed by atoms with E-state index in [1.807, 2.05) is 37.2 Å². The molecule has 0 atom stereocenters. The summed E-state index contributed by atoms with van der Waals surface area (Å²) in [5.41, 5.74) is 2.38. The minimum atomic E-state index is -0.0545. The number of nitrogens with zero attached hydrogens (tertiary/aromatic N) is 4. The van der Waals surface area contributed by atoms with Crippen LogP contribution in [0.25, 0.3) is 10.9 Å². The van der Waals surface area contributed by atoms with Crippen LogP contribution in [0.1, 0.15) is 29.0 Å². The number of hydrogen-bond donors (Lipinski definition) is 0. The smallest absolute Gasteiger partial charge is 0.274 e. The van der Waals surface area contributed by atoms with Gasteiger partial charge in [-0.15, -0.1) is 0 Å². The van der Waals surface area contributed by atoms with Crippen LogP contribution in [0.5, 0.6) is 5.75 Å². The van der Waals surface area contributed by atoms with E-state index in [0.29, 0.717) is 18.8 Å². The Balaban J connectivity index is 1.40. The molecule has 0 saturated carbocycles. The fourth-order valence-electron chi connectivity index (χ4n) is 3.40. The van der Waals surface area contributed by atoms with Crippen LogP contribution in [0.15, 0.2) is 42.9 Å². The van der Waals surface area contributed by atoms with Gasteiger partial charge in [0.2, 0.25) is 0 Å². The van der Waals surface area contributed by atoms with E-state index < -0.39 is 0 Å². The molecule has 26 heavy (non-hydrogen) atoms. The van der Waals surface area contributed by atoms with Gasteiger partial charge in [-0.25, -0.2) is 4.98 Å². The Morgan fingerprint density at radius 1 is 1.15 bits per heavy atom. The van der Waals surface area contributed by atoms with E-state index in [9.17, 15) is 4.79 Å². The van der Waals surface area contributed by atoms with Crippen molar-refractivity contribution in [1.82, 2.24) is 19.4 Å². The predicted molar refractivity (Wildman–Crippen MR) is 99.2 cm³/mol. The summed E-state index contributed by atoms with van der Waals surface area (Å²) in [5.74, 6) is 0.860. The molecule has 6 nitrogen and oxygen atoms in total. The molecule has 0 aliphatic carbocycles. The van der Waals surface area contributed by atoms with E-state index >= 15 is 0 Å². The molecule has 0 N–H and O–H groups in total. The predicted octanol–water partition coefficient (Wildman–Crippen LogP) is 2.96. The first-order chi connectivity index (χ1) is 12.6. The number of ether oxygens (including phenoxy) is 1. The van der Waals surface area contributed by atoms with Gasteiger partial charge in [0.15, 0.2) is 0 Å². The Morgan fingerprint density at radius 3 is 2.69 bits per heavy atom. The summed E-state index contributed by atoms with van der Waals surface area (Å²) >= 11 is 0. The molecule has 0 unspecified atom stereocenters. The quantitative estimate of drug-likeness (QED) is 0.729. The molecule has 0 radical (unpaired) electrons. The van der Waals surface area contributed by atoms with Gasteiger partial charge in [0, 0.05) is 50.8 Å². The lowest BCUT2D eigenvalue weighted by atomic mass is 10.1. The molecule has 1 aromatic carbocycles. The third kappa shape index (κ3) is 3.14. The normalized spacial score (nSPS) is 15.4. The SMILES string of the molecule is Cc1cnc(C(=O)N2CCC(Oc3cccc4c3ccn4C)CC2)cn1. The number of fused-ring (bicyclic) bond motifs is 1. The van der Waals surface area contributed by atoms with E-state index in [0.717, 1.165) is 35.2 Å². The molecule has 2 aromatic heterocycles. The third-order valence-electron chi connectivity index (χ3n) is 4.91. The maximum atomic E-state index is 12.5. The number of aryl methyl sites for hydroxylation is 2. The second-order valence-corrected chi connectivity index (χ2v) is 6.77. The number of rotatable bonds is 3. The van der Waals surface area contributed by atoms with E-state index in [2.05, 4.69) is 26.7 Å². The molecular weight excluding hydrogens is 328 g/mol. The van der Waals surface area contributed by atoms with Crippen LogP contribution >= 0.6 is 0 Å². The lowest BCUT2D eigenvalue weighted by Gasteiger charge is -2.32. The maximum absolute atomic E-state index is 12.5. The van der Waals surface area contributed by atoms with Crippen LogP contribution in [0.4, 0.5) is 0 Å². The Morgan fingerprint density at radius 2 is 1.96 bits per heavy atom. The fraction of sp³-hybridized carbons (Fsp3) is 0.350. The van der Waals surface area contributed by atoms with Crippen molar-refractivity contribution in [3.8, 4) is 5.75 Å². The van der Waals surface area contributed by atoms with Crippen LogP contribution in [0.2, 0.25) is 0 Å². The molecule has 0 bridgehead atoms. The number of carbonyl (C=O) groups excluding carboxylic acids is 1. The molecule has 1 aliphatic rings. The first-order valence-corrected chi connectivity index (χ1v) is 8.90. The summed E-state index contributed by atoms with van der Waals surface area (Å²) < 4.78 is 8.34. The van der Waals surface area contributed by atoms with Gasteiger partial charge in [-0.3, -0.25) is 9.78 Å². The summed E-state index contributed by atoms with van der Waals surface area (Å²) in [5, 5.41) is 1.13. The summed E-state index contributed by atoms with van der Waals surface area (Å²) in [4.78, 5) is 22.7. The topological polar surface area (TPSA) is 60.3 Å². The van der Waals surface area contributed by atoms with Crippen molar-refractivity contribution in [2.24, 2.45) is 7.05 Å². The molecule has 3 aromatic rings. The van der Waals surface area contributed by atoms with Crippen molar-refractivity contribution in [3.05, 3.63) is 54.2 Å². The van der Waals surface area contributed by atoms with Gasteiger partial charge >= 0.3 is 0 Å². The van der Waals surface area contributed by atoms with Crippen molar-refractivity contribution in [2.45, 2.75) is 25.9 Å². The Kier molecular flexibility index (Phi) is 4.32. The van der Waals surface area contributed by atoms with Crippen LogP contribution in [0, 0.1) is 6.92 Å². The molecule has 0 spiro atoms. The number of carbonyl (C=O) groups is 1. The van der Waals surface area contributed by atoms with Gasteiger partial charge in [-0.05, 0) is 25.1 Å². The van der Waals surface area contributed by atoms with Gasteiger partial charge in [0.05, 0.1) is 17.4 Å². The van der Waals surface area contributed by atoms with E-state index in [4.69, 9.17) is 4.74 Å². The van der Waals surface area contributed by atoms with Crippen molar-refractivity contribution in [1.29, 1.82) is 0 Å². The average Bonchev–Trinajstić information content (AvgIpc) is 3.05. The highest BCUT2D eigenvalue weighted by Gasteiger charge is 2.26. The number of hydrogen-bond acceptors (Lipinski definition) is 4. The van der Waals surface area contributed by atoms with Crippen molar-refractivity contribution in [3.63, 3.8) is 0 Å². The Bertz CT molecular complexity index is 925. The lowest BCUT2D eigenvalue weighted by Crippen LogP contribution is -2.42. The Hall–Kier alpha value is -2.89. The van der Waals surface area contributed by atoms with Gasteiger partial charge in [0.25, 0.3) is 5.91 Å². The Labute approximate surface area is 152 Å². The van der Waals surface area contributed by atoms with Crippen molar-refractivity contribution >= 4 is 16.8 Å². The third-order valence-corrected chi connectivity index (χ3v) is 4.91. The van der Waals surface area contributed by atoms with Crippen LogP contribution < -0.4 is 4.74 Å². The highest BCUT2D eigenvalue weighted by molar-refractivity contribution is 5.92. The second-order valence-electron chi connectivity index (χ2n) is 6.77. The summed E-state index contributed by atoms with van der Waals surface area (Å²) in [6.07, 6.45) is 6.97. The molecule has 1 amide bonds. The molecular formula is C20H22N4O2. The highest BCUT2D eigenvalue weighted by Crippen LogP contribution is 2.28. The lowest BCUT2D eigenvalue weighted by molar-refractivity contribution is 0.0592. The standard InChI is InChI=1S/C20H22N4O2/c1-14-12-22-17(13-21-14)20(25)24-10-6-15(7-11-24)26-19-5-3-4-18-16(19)8-9-23(18)2/h3-5,8-9,12-13,15H,6-7,10-11H2,1-2H3. The molecule has 1 fully saturated rings. The first-order valence-electron chi connectivity index (χ1n) is 8.90. The first kappa shape index (κ1) is 16.6. The zero-order chi connectivity index (χ0) is 18.1. The van der Waals surface area contributed by atoms with Gasteiger partial charge in [-0.1, -0.05) is 6.07 Å². The molecule has 1 aliphatic heterocycles. The largest absolute Gasteiger partial charge is 0.490 e. The number of piperidine rings is 1. The highest BCUT2D eigenvalue weighted by atomic mass is 16.5. The average molecular weight is 350 g/mol. The fourth-order valence-corrected chi connectivity index (χ4v) is 3.40. The minimum Gasteiger partial charge on any atom is -0.490 e. The van der Waals surface area contributed by atoms with Gasteiger partial charge < -0.3 is 14.2 Å². The van der Waals surface area contributed by atoms with Crippen LogP contribution in [-0.4, -0.2) is 44.5 Å². The van der Waals surface area contributed by atoms with Crippen LogP contribution in [-0.2, 0) is 7.05 Å². The monoisotopic (exact) mass is 350 g/mol. The van der Waals surface area contributed by atoms with Crippen molar-refractivity contribution < 1.29 is 9.53 Å². The number of amides is 1. The zero-order valence-corrected chi connectivity index (χ0v) is 15.1. The second kappa shape index (κ2) is 6.78. The molecule has 4 rings (SSSR count). The number of aromatic nitrogens is 3. The molecule has 1 saturated heterocycles. The summed E-state index contributed by atoms with van der Waals surface area (Å²) in [6, 6.07) is 8.21. The molecule has 6 heteroatoms.